The molecule has 0 aromatic rings. The molecule has 2 aliphatic rings. The molecule has 2 aliphatic carbocycles. The minimum absolute atomic E-state index is 0. The molecule has 0 N–H and O–H groups in total. The summed E-state index contributed by atoms with van der Waals surface area (Å²) in [5.74, 6) is 0. The van der Waals surface area contributed by atoms with E-state index in [1.807, 2.05) is 24.3 Å². The molecule has 0 atom stereocenters. The summed E-state index contributed by atoms with van der Waals surface area (Å²) in [4.78, 5) is 0. The Labute approximate surface area is 91.0 Å². The molecule has 0 nitrogen and oxygen atoms in total. The third-order valence-electron chi connectivity index (χ3n) is 1.17. The molecule has 0 saturated heterocycles. The smallest absolute Gasteiger partial charge is 0.273 e. The first-order valence-corrected chi connectivity index (χ1v) is 3.77. The van der Waals surface area contributed by atoms with E-state index in [-0.39, 0.29) is 16.5 Å². The fourth-order valence-corrected chi connectivity index (χ4v) is 0.680. The molecule has 1 heteroatoms. The van der Waals surface area contributed by atoms with Gasteiger partial charge < -0.3 is 0 Å². The Morgan fingerprint density at radius 2 is 1.23 bits per heavy atom. The molecule has 0 unspecified atom stereocenters. The van der Waals surface area contributed by atoms with E-state index in [1.165, 1.54) is 0 Å². The van der Waals surface area contributed by atoms with Gasteiger partial charge in [0.2, 0.25) is 0 Å². The Balaban J connectivity index is 0. The van der Waals surface area contributed by atoms with E-state index >= 15 is 0 Å². The average molecular weight is 215 g/mol. The molecule has 0 aromatic carbocycles. The van der Waals surface area contributed by atoms with Crippen molar-refractivity contribution in [3.63, 3.8) is 0 Å². The van der Waals surface area contributed by atoms with E-state index in [1.54, 1.807) is 0 Å². The summed E-state index contributed by atoms with van der Waals surface area (Å²) in [6.45, 7) is 0. The van der Waals surface area contributed by atoms with Crippen LogP contribution < -0.4 is 0 Å². The molecule has 0 bridgehead atoms. The molecule has 0 fully saturated rings. The standard InChI is InChI=1S/2C5H5.C2H2.Ni/c2*1-2-4-5-3-1;1-2;/h2*1-3H,4H2;1-2H;/q2*-1;;+2. The maximum Gasteiger partial charge on any atom is 2.00 e. The minimum atomic E-state index is 0. The van der Waals surface area contributed by atoms with Crippen LogP contribution in [0.1, 0.15) is 12.8 Å². The Morgan fingerprint density at radius 3 is 1.31 bits per heavy atom. The predicted octanol–water partition coefficient (Wildman–Crippen LogP) is 2.86. The molecule has 70 valence electrons. The monoisotopic (exact) mass is 214 g/mol. The summed E-state index contributed by atoms with van der Waals surface area (Å²) < 4.78 is 0. The van der Waals surface area contributed by atoms with Crippen molar-refractivity contribution in [2.75, 3.05) is 0 Å². The van der Waals surface area contributed by atoms with Crippen molar-refractivity contribution in [3.8, 4) is 12.8 Å². The average Bonchev–Trinajstić information content (AvgIpc) is 2.87. The summed E-state index contributed by atoms with van der Waals surface area (Å²) in [5, 5.41) is 0. The van der Waals surface area contributed by atoms with Crippen molar-refractivity contribution in [2.24, 2.45) is 0 Å². The Kier molecular flexibility index (Phi) is 15.2. The normalized spacial score (nSPS) is 13.7. The van der Waals surface area contributed by atoms with Crippen LogP contribution >= 0.6 is 0 Å². The van der Waals surface area contributed by atoms with Crippen molar-refractivity contribution >= 4 is 0 Å². The summed E-state index contributed by atoms with van der Waals surface area (Å²) >= 11 is 0. The summed E-state index contributed by atoms with van der Waals surface area (Å²) in [6, 6.07) is 0. The van der Waals surface area contributed by atoms with Crippen LogP contribution in [0.4, 0.5) is 0 Å². The van der Waals surface area contributed by atoms with E-state index in [9.17, 15) is 0 Å². The van der Waals surface area contributed by atoms with Gasteiger partial charge in [-0.1, -0.05) is 0 Å². The topological polar surface area (TPSA) is 0 Å². The van der Waals surface area contributed by atoms with Crippen molar-refractivity contribution in [1.82, 2.24) is 0 Å². The van der Waals surface area contributed by atoms with Crippen molar-refractivity contribution in [3.05, 3.63) is 48.6 Å². The van der Waals surface area contributed by atoms with Gasteiger partial charge in [0.25, 0.3) is 0 Å². The fourth-order valence-electron chi connectivity index (χ4n) is 0.680. The number of hydrogen-bond donors (Lipinski definition) is 0. The van der Waals surface area contributed by atoms with Gasteiger partial charge in [-0.2, -0.15) is 12.2 Å². The third kappa shape index (κ3) is 11.0. The largest absolute Gasteiger partial charge is 2.00 e. The Bertz CT molecular complexity index is 175. The van der Waals surface area contributed by atoms with Gasteiger partial charge >= 0.3 is 16.5 Å². The van der Waals surface area contributed by atoms with Gasteiger partial charge in [0, 0.05) is 0 Å². The summed E-state index contributed by atoms with van der Waals surface area (Å²) in [5.41, 5.74) is 0. The van der Waals surface area contributed by atoms with E-state index < -0.39 is 0 Å². The van der Waals surface area contributed by atoms with Gasteiger partial charge in [0.05, 0.1) is 0 Å². The van der Waals surface area contributed by atoms with Crippen molar-refractivity contribution < 1.29 is 16.5 Å². The van der Waals surface area contributed by atoms with Crippen LogP contribution in [0.2, 0.25) is 0 Å². The first-order valence-electron chi connectivity index (χ1n) is 3.77. The van der Waals surface area contributed by atoms with Crippen LogP contribution in [0.25, 0.3) is 0 Å². The van der Waals surface area contributed by atoms with E-state index in [0.29, 0.717) is 0 Å². The third-order valence-corrected chi connectivity index (χ3v) is 1.17. The molecule has 0 radical (unpaired) electrons. The van der Waals surface area contributed by atoms with Crippen LogP contribution in [0.5, 0.6) is 0 Å². The Morgan fingerprint density at radius 1 is 0.846 bits per heavy atom. The number of allylic oxidation sites excluding steroid dienone is 8. The van der Waals surface area contributed by atoms with Crippen LogP contribution in [0.15, 0.2) is 36.5 Å². The molecule has 0 saturated carbocycles. The minimum Gasteiger partial charge on any atom is -0.273 e. The molecule has 0 heterocycles. The van der Waals surface area contributed by atoms with Crippen molar-refractivity contribution in [1.29, 1.82) is 0 Å². The maximum atomic E-state index is 4.00. The van der Waals surface area contributed by atoms with Crippen LogP contribution in [-0.4, -0.2) is 0 Å². The molecule has 13 heavy (non-hydrogen) atoms. The second-order valence-electron chi connectivity index (χ2n) is 2.01. The Hall–Kier alpha value is -0.986. The van der Waals surface area contributed by atoms with Crippen LogP contribution in [-0.2, 0) is 16.5 Å². The van der Waals surface area contributed by atoms with E-state index in [2.05, 4.69) is 37.2 Å². The molecule has 0 spiro atoms. The van der Waals surface area contributed by atoms with Crippen molar-refractivity contribution in [2.45, 2.75) is 12.8 Å². The quantitative estimate of drug-likeness (QED) is 0.331. The summed E-state index contributed by atoms with van der Waals surface area (Å²) in [7, 11) is 0. The second kappa shape index (κ2) is 13.6. The first-order chi connectivity index (χ1) is 6.00. The molecule has 2 rings (SSSR count). The van der Waals surface area contributed by atoms with Crippen LogP contribution in [0, 0.1) is 25.0 Å². The zero-order valence-electron chi connectivity index (χ0n) is 7.35. The zero-order valence-corrected chi connectivity index (χ0v) is 8.34. The van der Waals surface area contributed by atoms with Gasteiger partial charge in [-0.05, 0) is 0 Å². The van der Waals surface area contributed by atoms with Gasteiger partial charge in [0.1, 0.15) is 0 Å². The van der Waals surface area contributed by atoms with E-state index in [0.717, 1.165) is 12.8 Å². The maximum absolute atomic E-state index is 4.00. The molecule has 0 aliphatic heterocycles. The molecular weight excluding hydrogens is 203 g/mol. The zero-order chi connectivity index (χ0) is 9.07. The molecule has 0 aromatic heterocycles. The van der Waals surface area contributed by atoms with Gasteiger partial charge in [-0.25, -0.2) is 24.3 Å². The van der Waals surface area contributed by atoms with Gasteiger partial charge in [0.15, 0.2) is 0 Å². The summed E-state index contributed by atoms with van der Waals surface area (Å²) in [6.07, 6.45) is 28.0. The number of hydrogen-bond acceptors (Lipinski definition) is 0. The van der Waals surface area contributed by atoms with E-state index in [4.69, 9.17) is 0 Å². The second-order valence-corrected chi connectivity index (χ2v) is 2.01. The molecular formula is C12H12Ni. The SMILES string of the molecule is C#C.[C-]1=CC=CC1.[C-]1=CC=CC1.[Ni+2]. The van der Waals surface area contributed by atoms with Gasteiger partial charge in [-0.3, -0.25) is 12.2 Å². The van der Waals surface area contributed by atoms with Gasteiger partial charge in [-0.15, -0.1) is 25.7 Å². The number of rotatable bonds is 0. The predicted molar refractivity (Wildman–Crippen MR) is 53.0 cm³/mol. The molecule has 0 amide bonds. The first kappa shape index (κ1) is 14.5. The fraction of sp³-hybridized carbons (Fsp3) is 0.167. The van der Waals surface area contributed by atoms with Crippen LogP contribution in [0.3, 0.4) is 0 Å². The number of terminal acetylenes is 1.